The van der Waals surface area contributed by atoms with Gasteiger partial charge in [-0.05, 0) is 11.8 Å². The lowest BCUT2D eigenvalue weighted by atomic mass is 10.0. The predicted octanol–water partition coefficient (Wildman–Crippen LogP) is 0.141. The van der Waals surface area contributed by atoms with Gasteiger partial charge >= 0.3 is 0 Å². The van der Waals surface area contributed by atoms with Gasteiger partial charge in [-0.15, -0.1) is 0 Å². The second-order valence-electron chi connectivity index (χ2n) is 4.48. The number of hydrogen-bond acceptors (Lipinski definition) is 5. The smallest absolute Gasteiger partial charge is 0.228 e. The average molecular weight is 220 g/mol. The summed E-state index contributed by atoms with van der Waals surface area (Å²) >= 11 is 0. The minimum absolute atomic E-state index is 0.639. The summed E-state index contributed by atoms with van der Waals surface area (Å²) < 4.78 is 5.12. The summed E-state index contributed by atoms with van der Waals surface area (Å²) in [5.41, 5.74) is 0. The van der Waals surface area contributed by atoms with E-state index >= 15 is 0 Å². The fourth-order valence-corrected chi connectivity index (χ4v) is 2.62. The topological polar surface area (TPSA) is 50.3 Å². The molecule has 16 heavy (non-hydrogen) atoms. The van der Waals surface area contributed by atoms with Crippen LogP contribution in [0.3, 0.4) is 0 Å². The molecule has 0 radical (unpaired) electrons. The Hall–Kier alpha value is -1.36. The Morgan fingerprint density at radius 2 is 2.12 bits per heavy atom. The lowest BCUT2D eigenvalue weighted by Gasteiger charge is -2.17. The molecule has 0 amide bonds. The fraction of sp³-hybridized carbons (Fsp3) is 0.636. The van der Waals surface area contributed by atoms with Crippen molar-refractivity contribution in [2.24, 2.45) is 11.8 Å². The number of anilines is 1. The Bertz CT molecular complexity index is 372. The van der Waals surface area contributed by atoms with Gasteiger partial charge < -0.3 is 15.0 Å². The molecule has 0 aromatic carbocycles. The van der Waals surface area contributed by atoms with E-state index < -0.39 is 0 Å². The number of nitrogens with zero attached hydrogens (tertiary/aromatic N) is 3. The monoisotopic (exact) mass is 220 g/mol. The fourth-order valence-electron chi connectivity index (χ4n) is 2.62. The van der Waals surface area contributed by atoms with Crippen LogP contribution in [0.1, 0.15) is 0 Å². The van der Waals surface area contributed by atoms with Crippen molar-refractivity contribution in [3.63, 3.8) is 0 Å². The van der Waals surface area contributed by atoms with E-state index in [0.29, 0.717) is 5.88 Å². The summed E-state index contributed by atoms with van der Waals surface area (Å²) in [5, 5.41) is 3.43. The van der Waals surface area contributed by atoms with E-state index in [-0.39, 0.29) is 0 Å². The molecule has 0 saturated carbocycles. The second-order valence-corrected chi connectivity index (χ2v) is 4.48. The number of nitrogens with one attached hydrogen (secondary N) is 1. The minimum Gasteiger partial charge on any atom is -0.481 e. The zero-order valence-electron chi connectivity index (χ0n) is 9.39. The molecular weight excluding hydrogens is 204 g/mol. The van der Waals surface area contributed by atoms with Gasteiger partial charge in [0.2, 0.25) is 11.8 Å². The molecule has 2 aliphatic rings. The van der Waals surface area contributed by atoms with Crippen LogP contribution in [0, 0.1) is 11.8 Å². The Kier molecular flexibility index (Phi) is 2.40. The largest absolute Gasteiger partial charge is 0.481 e. The molecule has 5 nitrogen and oxygen atoms in total. The van der Waals surface area contributed by atoms with Crippen molar-refractivity contribution in [2.45, 2.75) is 0 Å². The lowest BCUT2D eigenvalue weighted by Crippen LogP contribution is -2.26. The zero-order chi connectivity index (χ0) is 11.0. The molecule has 0 aliphatic carbocycles. The number of rotatable bonds is 2. The molecular formula is C11H16N4O. The Morgan fingerprint density at radius 1 is 1.38 bits per heavy atom. The number of ether oxygens (including phenoxy) is 1. The molecule has 2 fully saturated rings. The summed E-state index contributed by atoms with van der Waals surface area (Å²) in [5.74, 6) is 2.96. The molecule has 0 spiro atoms. The first-order valence-electron chi connectivity index (χ1n) is 5.69. The third-order valence-electron chi connectivity index (χ3n) is 3.50. The predicted molar refractivity (Wildman–Crippen MR) is 60.6 cm³/mol. The molecule has 2 aliphatic heterocycles. The van der Waals surface area contributed by atoms with E-state index in [4.69, 9.17) is 4.74 Å². The van der Waals surface area contributed by atoms with E-state index in [1.807, 2.05) is 0 Å². The molecule has 0 bridgehead atoms. The van der Waals surface area contributed by atoms with E-state index in [0.717, 1.165) is 44.0 Å². The molecule has 2 atom stereocenters. The van der Waals surface area contributed by atoms with Gasteiger partial charge in [-0.1, -0.05) is 0 Å². The van der Waals surface area contributed by atoms with Crippen molar-refractivity contribution >= 4 is 5.95 Å². The molecule has 86 valence electrons. The average Bonchev–Trinajstić information content (AvgIpc) is 2.89. The van der Waals surface area contributed by atoms with Gasteiger partial charge in [0.1, 0.15) is 0 Å². The van der Waals surface area contributed by atoms with Crippen molar-refractivity contribution in [3.8, 4) is 5.88 Å². The molecule has 1 N–H and O–H groups in total. The van der Waals surface area contributed by atoms with Crippen LogP contribution in [0.25, 0.3) is 0 Å². The Labute approximate surface area is 94.8 Å². The SMILES string of the molecule is COc1ccnc(N2CC3CNCC3C2)n1. The van der Waals surface area contributed by atoms with Crippen LogP contribution in [-0.4, -0.2) is 43.3 Å². The lowest BCUT2D eigenvalue weighted by molar-refractivity contribution is 0.397. The minimum atomic E-state index is 0.639. The molecule has 1 aromatic heterocycles. The van der Waals surface area contributed by atoms with Crippen LogP contribution in [0.4, 0.5) is 5.95 Å². The first kappa shape index (κ1) is 9.84. The summed E-state index contributed by atoms with van der Waals surface area (Å²) in [7, 11) is 1.63. The number of fused-ring (bicyclic) bond motifs is 1. The summed E-state index contributed by atoms with van der Waals surface area (Å²) in [6, 6.07) is 1.78. The number of methoxy groups -OCH3 is 1. The Morgan fingerprint density at radius 3 is 2.81 bits per heavy atom. The molecule has 2 unspecified atom stereocenters. The highest BCUT2D eigenvalue weighted by Crippen LogP contribution is 2.28. The van der Waals surface area contributed by atoms with Gasteiger partial charge in [-0.2, -0.15) is 4.98 Å². The van der Waals surface area contributed by atoms with Gasteiger partial charge in [-0.3, -0.25) is 0 Å². The highest BCUT2D eigenvalue weighted by Gasteiger charge is 2.37. The van der Waals surface area contributed by atoms with Crippen LogP contribution < -0.4 is 15.0 Å². The third-order valence-corrected chi connectivity index (χ3v) is 3.50. The van der Waals surface area contributed by atoms with Crippen LogP contribution in [0.15, 0.2) is 12.3 Å². The number of hydrogen-bond donors (Lipinski definition) is 1. The van der Waals surface area contributed by atoms with Crippen molar-refractivity contribution in [2.75, 3.05) is 38.2 Å². The summed E-state index contributed by atoms with van der Waals surface area (Å²) in [6.45, 7) is 4.38. The first-order valence-corrected chi connectivity index (χ1v) is 5.69. The number of aromatic nitrogens is 2. The second kappa shape index (κ2) is 3.90. The molecule has 2 saturated heterocycles. The van der Waals surface area contributed by atoms with Gasteiger partial charge in [0.05, 0.1) is 7.11 Å². The van der Waals surface area contributed by atoms with Crippen molar-refractivity contribution in [1.29, 1.82) is 0 Å². The van der Waals surface area contributed by atoms with E-state index in [2.05, 4.69) is 20.2 Å². The van der Waals surface area contributed by atoms with Crippen molar-refractivity contribution < 1.29 is 4.74 Å². The van der Waals surface area contributed by atoms with Crippen molar-refractivity contribution in [3.05, 3.63) is 12.3 Å². The maximum absolute atomic E-state index is 5.12. The van der Waals surface area contributed by atoms with Crippen molar-refractivity contribution in [1.82, 2.24) is 15.3 Å². The third kappa shape index (κ3) is 1.61. The van der Waals surface area contributed by atoms with Crippen LogP contribution in [-0.2, 0) is 0 Å². The molecule has 5 heteroatoms. The summed E-state index contributed by atoms with van der Waals surface area (Å²) in [6.07, 6.45) is 1.76. The zero-order valence-corrected chi connectivity index (χ0v) is 9.39. The van der Waals surface area contributed by atoms with Crippen LogP contribution in [0.5, 0.6) is 5.88 Å². The standard InChI is InChI=1S/C11H16N4O/c1-16-10-2-3-13-11(14-10)15-6-8-4-12-5-9(8)7-15/h2-3,8-9,12H,4-7H2,1H3. The van der Waals surface area contributed by atoms with Gasteiger partial charge in [0, 0.05) is 38.4 Å². The normalized spacial score (nSPS) is 28.2. The van der Waals surface area contributed by atoms with Gasteiger partial charge in [0.25, 0.3) is 0 Å². The van der Waals surface area contributed by atoms with Gasteiger partial charge in [0.15, 0.2) is 0 Å². The summed E-state index contributed by atoms with van der Waals surface area (Å²) in [4.78, 5) is 10.9. The quantitative estimate of drug-likeness (QED) is 0.768. The molecule has 3 heterocycles. The molecule has 1 aromatic rings. The van der Waals surface area contributed by atoms with Gasteiger partial charge in [-0.25, -0.2) is 4.98 Å². The maximum Gasteiger partial charge on any atom is 0.228 e. The van der Waals surface area contributed by atoms with E-state index in [1.54, 1.807) is 19.4 Å². The highest BCUT2D eigenvalue weighted by atomic mass is 16.5. The molecule has 3 rings (SSSR count). The highest BCUT2D eigenvalue weighted by molar-refractivity contribution is 5.34. The van der Waals surface area contributed by atoms with E-state index in [9.17, 15) is 0 Å². The maximum atomic E-state index is 5.12. The first-order chi connectivity index (χ1) is 7.86. The Balaban J connectivity index is 1.78. The van der Waals surface area contributed by atoms with Crippen LogP contribution >= 0.6 is 0 Å². The van der Waals surface area contributed by atoms with Crippen LogP contribution in [0.2, 0.25) is 0 Å². The van der Waals surface area contributed by atoms with E-state index in [1.165, 1.54) is 0 Å².